The number of hydrogen-bond donors (Lipinski definition) is 0. The molecular weight excluding hydrogens is 363 g/mol. The molecule has 68 valence electrons. The fourth-order valence-electron chi connectivity index (χ4n) is 1.17. The van der Waals surface area contributed by atoms with Gasteiger partial charge in [-0.3, -0.25) is 0 Å². The predicted molar refractivity (Wildman–Crippen MR) is 68.8 cm³/mol. The van der Waals surface area contributed by atoms with E-state index in [2.05, 4.69) is 50.0 Å². The Balaban J connectivity index is 2.80. The van der Waals surface area contributed by atoms with E-state index >= 15 is 0 Å². The second-order valence-corrected chi connectivity index (χ2v) is 5.35. The summed E-state index contributed by atoms with van der Waals surface area (Å²) in [7, 11) is 1.70. The Labute approximate surface area is 102 Å². The molecule has 2 rings (SSSR count). The molecule has 0 atom stereocenters. The minimum atomic E-state index is 0.947. The molecular formula is C9H6BrIOS. The van der Waals surface area contributed by atoms with Gasteiger partial charge in [0.1, 0.15) is 5.75 Å². The number of halogens is 2. The highest BCUT2D eigenvalue weighted by Crippen LogP contribution is 2.37. The van der Waals surface area contributed by atoms with Gasteiger partial charge in [0.15, 0.2) is 0 Å². The summed E-state index contributed by atoms with van der Waals surface area (Å²) in [5.41, 5.74) is 0. The van der Waals surface area contributed by atoms with Crippen molar-refractivity contribution < 1.29 is 4.74 Å². The Morgan fingerprint density at radius 1 is 1.46 bits per heavy atom. The minimum Gasteiger partial charge on any atom is -0.496 e. The van der Waals surface area contributed by atoms with Gasteiger partial charge in [0.2, 0.25) is 0 Å². The van der Waals surface area contributed by atoms with Crippen LogP contribution in [0.4, 0.5) is 0 Å². The van der Waals surface area contributed by atoms with E-state index in [1.54, 1.807) is 18.4 Å². The zero-order valence-corrected chi connectivity index (χ0v) is 11.4. The van der Waals surface area contributed by atoms with Crippen molar-refractivity contribution in [2.24, 2.45) is 0 Å². The van der Waals surface area contributed by atoms with Crippen LogP contribution >= 0.6 is 49.9 Å². The van der Waals surface area contributed by atoms with Crippen molar-refractivity contribution >= 4 is 59.9 Å². The lowest BCUT2D eigenvalue weighted by Crippen LogP contribution is -1.85. The lowest BCUT2D eigenvalue weighted by molar-refractivity contribution is 0.412. The molecule has 0 saturated carbocycles. The number of rotatable bonds is 1. The standard InChI is InChI=1S/C9H6BrIOS/c1-12-7-3-2-5-6(10)4-13-9(5)8(7)11/h2-4H,1H3. The van der Waals surface area contributed by atoms with Gasteiger partial charge in [-0.2, -0.15) is 0 Å². The van der Waals surface area contributed by atoms with E-state index < -0.39 is 0 Å². The first kappa shape index (κ1) is 9.73. The fraction of sp³-hybridized carbons (Fsp3) is 0.111. The van der Waals surface area contributed by atoms with Gasteiger partial charge in [0.05, 0.1) is 15.4 Å². The van der Waals surface area contributed by atoms with Crippen LogP contribution in [-0.4, -0.2) is 7.11 Å². The number of benzene rings is 1. The highest BCUT2D eigenvalue weighted by Gasteiger charge is 2.08. The maximum absolute atomic E-state index is 5.25. The molecule has 0 aliphatic heterocycles. The van der Waals surface area contributed by atoms with Gasteiger partial charge in [-0.05, 0) is 50.7 Å². The lowest BCUT2D eigenvalue weighted by Gasteiger charge is -2.03. The highest BCUT2D eigenvalue weighted by atomic mass is 127. The molecule has 0 radical (unpaired) electrons. The van der Waals surface area contributed by atoms with Gasteiger partial charge >= 0.3 is 0 Å². The van der Waals surface area contributed by atoms with Crippen LogP contribution in [0.15, 0.2) is 22.0 Å². The first-order valence-corrected chi connectivity index (χ1v) is 6.38. The molecule has 1 aromatic carbocycles. The van der Waals surface area contributed by atoms with Gasteiger partial charge in [-0.25, -0.2) is 0 Å². The Kier molecular flexibility index (Phi) is 2.80. The van der Waals surface area contributed by atoms with Crippen LogP contribution in [-0.2, 0) is 0 Å². The number of hydrogen-bond acceptors (Lipinski definition) is 2. The summed E-state index contributed by atoms with van der Waals surface area (Å²) in [6.45, 7) is 0. The maximum Gasteiger partial charge on any atom is 0.133 e. The summed E-state index contributed by atoms with van der Waals surface area (Å²) in [4.78, 5) is 0. The van der Waals surface area contributed by atoms with Gasteiger partial charge in [0.25, 0.3) is 0 Å². The third kappa shape index (κ3) is 1.59. The van der Waals surface area contributed by atoms with E-state index in [-0.39, 0.29) is 0 Å². The van der Waals surface area contributed by atoms with Crippen LogP contribution in [0, 0.1) is 3.57 Å². The van der Waals surface area contributed by atoms with E-state index in [1.165, 1.54) is 13.7 Å². The van der Waals surface area contributed by atoms with E-state index in [0.717, 1.165) is 10.2 Å². The molecule has 0 spiro atoms. The number of ether oxygens (including phenoxy) is 1. The van der Waals surface area contributed by atoms with Crippen LogP contribution in [0.2, 0.25) is 0 Å². The third-order valence-corrected chi connectivity index (χ3v) is 5.23. The number of fused-ring (bicyclic) bond motifs is 1. The van der Waals surface area contributed by atoms with Crippen molar-refractivity contribution in [3.8, 4) is 5.75 Å². The van der Waals surface area contributed by atoms with Gasteiger partial charge in [0, 0.05) is 15.2 Å². The molecule has 0 amide bonds. The number of thiophene rings is 1. The summed E-state index contributed by atoms with van der Waals surface area (Å²) in [6, 6.07) is 4.08. The smallest absolute Gasteiger partial charge is 0.133 e. The molecule has 0 bridgehead atoms. The lowest BCUT2D eigenvalue weighted by atomic mass is 10.2. The van der Waals surface area contributed by atoms with E-state index in [0.29, 0.717) is 0 Å². The van der Waals surface area contributed by atoms with Crippen LogP contribution < -0.4 is 4.74 Å². The largest absolute Gasteiger partial charge is 0.496 e. The average molecular weight is 369 g/mol. The first-order valence-electron chi connectivity index (χ1n) is 3.63. The SMILES string of the molecule is COc1ccc2c(Br)csc2c1I. The molecule has 1 aromatic heterocycles. The summed E-state index contributed by atoms with van der Waals surface area (Å²) < 4.78 is 8.88. The second kappa shape index (κ2) is 3.74. The molecule has 0 N–H and O–H groups in total. The monoisotopic (exact) mass is 368 g/mol. The van der Waals surface area contributed by atoms with Crippen molar-refractivity contribution in [1.82, 2.24) is 0 Å². The molecule has 0 unspecified atom stereocenters. The van der Waals surface area contributed by atoms with Crippen molar-refractivity contribution in [3.63, 3.8) is 0 Å². The Hall–Kier alpha value is 0.190. The van der Waals surface area contributed by atoms with Crippen molar-refractivity contribution in [1.29, 1.82) is 0 Å². The van der Waals surface area contributed by atoms with Gasteiger partial charge < -0.3 is 4.74 Å². The van der Waals surface area contributed by atoms with Crippen LogP contribution in [0.3, 0.4) is 0 Å². The molecule has 0 aliphatic rings. The zero-order chi connectivity index (χ0) is 9.42. The van der Waals surface area contributed by atoms with Crippen molar-refractivity contribution in [3.05, 3.63) is 25.6 Å². The summed E-state index contributed by atoms with van der Waals surface area (Å²) >= 11 is 7.57. The molecule has 0 aliphatic carbocycles. The van der Waals surface area contributed by atoms with E-state index in [9.17, 15) is 0 Å². The molecule has 1 heterocycles. The molecule has 0 fully saturated rings. The topological polar surface area (TPSA) is 9.23 Å². The van der Waals surface area contributed by atoms with Crippen molar-refractivity contribution in [2.75, 3.05) is 7.11 Å². The van der Waals surface area contributed by atoms with Crippen LogP contribution in [0.25, 0.3) is 10.1 Å². The van der Waals surface area contributed by atoms with Crippen molar-refractivity contribution in [2.45, 2.75) is 0 Å². The summed E-state index contributed by atoms with van der Waals surface area (Å²) in [6.07, 6.45) is 0. The third-order valence-electron chi connectivity index (χ3n) is 1.82. The molecule has 13 heavy (non-hydrogen) atoms. The highest BCUT2D eigenvalue weighted by molar-refractivity contribution is 14.1. The van der Waals surface area contributed by atoms with Crippen LogP contribution in [0.1, 0.15) is 0 Å². The van der Waals surface area contributed by atoms with Gasteiger partial charge in [-0.15, -0.1) is 11.3 Å². The minimum absolute atomic E-state index is 0.947. The predicted octanol–water partition coefficient (Wildman–Crippen LogP) is 4.28. The molecule has 1 nitrogen and oxygen atoms in total. The molecule has 2 aromatic rings. The molecule has 0 saturated heterocycles. The van der Waals surface area contributed by atoms with E-state index in [4.69, 9.17) is 4.74 Å². The van der Waals surface area contributed by atoms with E-state index in [1.807, 2.05) is 6.07 Å². The normalized spacial score (nSPS) is 10.7. The zero-order valence-electron chi connectivity index (χ0n) is 6.80. The second-order valence-electron chi connectivity index (χ2n) is 2.54. The van der Waals surface area contributed by atoms with Crippen LogP contribution in [0.5, 0.6) is 5.75 Å². The van der Waals surface area contributed by atoms with Gasteiger partial charge in [-0.1, -0.05) is 0 Å². The summed E-state index contributed by atoms with van der Waals surface area (Å²) in [5, 5.41) is 3.36. The maximum atomic E-state index is 5.25. The summed E-state index contributed by atoms with van der Waals surface area (Å²) in [5.74, 6) is 0.947. The average Bonchev–Trinajstić information content (AvgIpc) is 2.50. The fourth-order valence-corrected chi connectivity index (χ4v) is 3.84. The Morgan fingerprint density at radius 2 is 2.23 bits per heavy atom. The number of methoxy groups -OCH3 is 1. The molecule has 4 heteroatoms. The Morgan fingerprint density at radius 3 is 2.92 bits per heavy atom. The first-order chi connectivity index (χ1) is 6.24. The quantitative estimate of drug-likeness (QED) is 0.683. The Bertz CT molecular complexity index is 452.